The first kappa shape index (κ1) is 25.1. The lowest BCUT2D eigenvalue weighted by Gasteiger charge is -2.08. The van der Waals surface area contributed by atoms with Crippen LogP contribution in [0.2, 0.25) is 5.02 Å². The van der Waals surface area contributed by atoms with Crippen LogP contribution in [0.3, 0.4) is 0 Å². The number of amides is 2. The van der Waals surface area contributed by atoms with Gasteiger partial charge in [0.1, 0.15) is 5.75 Å². The van der Waals surface area contributed by atoms with Gasteiger partial charge in [-0.15, -0.1) is 11.3 Å². The average Bonchev–Trinajstić information content (AvgIpc) is 3.30. The van der Waals surface area contributed by atoms with Gasteiger partial charge in [0.15, 0.2) is 0 Å². The molecule has 0 aliphatic carbocycles. The Kier molecular flexibility index (Phi) is 9.91. The van der Waals surface area contributed by atoms with E-state index in [1.54, 1.807) is 35.6 Å². The van der Waals surface area contributed by atoms with Crippen LogP contribution in [0.4, 0.5) is 0 Å². The highest BCUT2D eigenvalue weighted by atomic mass is 35.5. The van der Waals surface area contributed by atoms with Gasteiger partial charge in [0, 0.05) is 45.4 Å². The maximum atomic E-state index is 12.4. The lowest BCUT2D eigenvalue weighted by molar-refractivity contribution is -0.116. The number of thiophene rings is 1. The Hall–Kier alpha value is -3.16. The molecule has 0 aliphatic heterocycles. The van der Waals surface area contributed by atoms with E-state index in [2.05, 4.69) is 10.6 Å². The summed E-state index contributed by atoms with van der Waals surface area (Å²) in [5.41, 5.74) is 1.27. The molecule has 3 rings (SSSR count). The number of methoxy groups -OCH3 is 1. The summed E-state index contributed by atoms with van der Waals surface area (Å²) in [5.74, 6) is -0.0804. The summed E-state index contributed by atoms with van der Waals surface area (Å²) in [6, 6.07) is 12.5. The van der Waals surface area contributed by atoms with Crippen molar-refractivity contribution in [3.8, 4) is 5.75 Å². The van der Waals surface area contributed by atoms with E-state index in [-0.39, 0.29) is 24.1 Å². The lowest BCUT2D eigenvalue weighted by atomic mass is 10.1. The van der Waals surface area contributed by atoms with E-state index in [0.717, 1.165) is 10.1 Å². The topological polar surface area (TPSA) is 91.3 Å². The highest BCUT2D eigenvalue weighted by Crippen LogP contribution is 2.24. The van der Waals surface area contributed by atoms with E-state index >= 15 is 0 Å². The number of halogens is 1. The van der Waals surface area contributed by atoms with Gasteiger partial charge in [-0.05, 0) is 47.9 Å². The van der Waals surface area contributed by atoms with E-state index in [1.807, 2.05) is 37.4 Å². The summed E-state index contributed by atoms with van der Waals surface area (Å²) in [4.78, 5) is 24.4. The summed E-state index contributed by atoms with van der Waals surface area (Å²) < 4.78 is 6.27. The normalized spacial score (nSPS) is 10.4. The monoisotopic (exact) mass is 471 g/mol. The summed E-state index contributed by atoms with van der Waals surface area (Å²) in [6.45, 7) is 4.56. The quantitative estimate of drug-likeness (QED) is 0.243. The zero-order valence-electron chi connectivity index (χ0n) is 18.2. The summed E-state index contributed by atoms with van der Waals surface area (Å²) in [7, 11) is 1.49. The minimum atomic E-state index is -0.359. The Morgan fingerprint density at radius 1 is 1.06 bits per heavy atom. The molecule has 0 bridgehead atoms. The van der Waals surface area contributed by atoms with Crippen molar-refractivity contribution in [1.82, 2.24) is 10.6 Å². The first-order chi connectivity index (χ1) is 15.5. The molecule has 0 saturated heterocycles. The number of allylic oxidation sites excluding steroid dienone is 1. The molecule has 0 fully saturated rings. The summed E-state index contributed by atoms with van der Waals surface area (Å²) in [5, 5.41) is 17.0. The van der Waals surface area contributed by atoms with Gasteiger partial charge in [0.25, 0.3) is 5.91 Å². The molecule has 1 heterocycles. The van der Waals surface area contributed by atoms with Crippen LogP contribution in [-0.4, -0.2) is 37.7 Å². The number of fused-ring (bicyclic) bond motifs is 1. The number of carbonyl (C=O) groups excluding carboxylic acids is 2. The van der Waals surface area contributed by atoms with Gasteiger partial charge in [0.2, 0.25) is 5.91 Å². The van der Waals surface area contributed by atoms with Crippen LogP contribution < -0.4 is 15.4 Å². The Balaban J connectivity index is 0.00000176. The third-order valence-corrected chi connectivity index (χ3v) is 5.42. The van der Waals surface area contributed by atoms with E-state index in [0.29, 0.717) is 28.4 Å². The molecule has 2 amide bonds. The van der Waals surface area contributed by atoms with E-state index in [1.165, 1.54) is 19.3 Å². The zero-order chi connectivity index (χ0) is 23.5. The second-order valence-electron chi connectivity index (χ2n) is 6.28. The van der Waals surface area contributed by atoms with E-state index in [9.17, 15) is 9.59 Å². The van der Waals surface area contributed by atoms with Gasteiger partial charge < -0.3 is 20.8 Å². The Labute approximate surface area is 196 Å². The first-order valence-electron chi connectivity index (χ1n) is 10.1. The highest BCUT2D eigenvalue weighted by molar-refractivity contribution is 7.17. The van der Waals surface area contributed by atoms with Crippen LogP contribution in [0.1, 0.15) is 29.8 Å². The van der Waals surface area contributed by atoms with Crippen molar-refractivity contribution in [3.63, 3.8) is 0 Å². The maximum absolute atomic E-state index is 12.4. The van der Waals surface area contributed by atoms with Gasteiger partial charge >= 0.3 is 0 Å². The van der Waals surface area contributed by atoms with Crippen molar-refractivity contribution in [2.75, 3.05) is 20.2 Å². The number of hydrogen-bond acceptors (Lipinski definition) is 5. The number of hydrogen-bond donors (Lipinski definition) is 3. The average molecular weight is 472 g/mol. The number of carbonyl (C=O) groups is 2. The molecular formula is C24H26ClN3O3S. The third kappa shape index (κ3) is 6.67. The SMILES string of the molecule is CC.COc1cc(Cl)ccc1C(=N)/C=C\C(=O)NCCNC(=O)c1cccc2sccc12. The van der Waals surface area contributed by atoms with Crippen LogP contribution in [-0.2, 0) is 4.79 Å². The van der Waals surface area contributed by atoms with Crippen LogP contribution in [0.15, 0.2) is 60.0 Å². The van der Waals surface area contributed by atoms with Gasteiger partial charge in [-0.1, -0.05) is 31.5 Å². The minimum Gasteiger partial charge on any atom is -0.496 e. The highest BCUT2D eigenvalue weighted by Gasteiger charge is 2.10. The molecule has 0 spiro atoms. The number of benzene rings is 2. The van der Waals surface area contributed by atoms with Gasteiger partial charge in [-0.2, -0.15) is 0 Å². The molecule has 1 aromatic heterocycles. The lowest BCUT2D eigenvalue weighted by Crippen LogP contribution is -2.34. The van der Waals surface area contributed by atoms with Crippen molar-refractivity contribution in [2.24, 2.45) is 0 Å². The molecule has 0 radical (unpaired) electrons. The molecule has 0 aliphatic rings. The molecule has 3 N–H and O–H groups in total. The van der Waals surface area contributed by atoms with Gasteiger partial charge in [-0.3, -0.25) is 9.59 Å². The van der Waals surface area contributed by atoms with Crippen LogP contribution >= 0.6 is 22.9 Å². The van der Waals surface area contributed by atoms with Crippen LogP contribution in [0, 0.1) is 5.41 Å². The van der Waals surface area contributed by atoms with Crippen molar-refractivity contribution in [2.45, 2.75) is 13.8 Å². The molecule has 2 aromatic carbocycles. The van der Waals surface area contributed by atoms with E-state index < -0.39 is 0 Å². The second kappa shape index (κ2) is 12.6. The van der Waals surface area contributed by atoms with Crippen molar-refractivity contribution < 1.29 is 14.3 Å². The zero-order valence-corrected chi connectivity index (χ0v) is 19.8. The minimum absolute atomic E-state index is 0.121. The number of rotatable bonds is 8. The fraction of sp³-hybridized carbons (Fsp3) is 0.208. The van der Waals surface area contributed by atoms with E-state index in [4.69, 9.17) is 21.7 Å². The molecule has 3 aromatic rings. The van der Waals surface area contributed by atoms with Crippen molar-refractivity contribution >= 4 is 50.5 Å². The van der Waals surface area contributed by atoms with Gasteiger partial charge in [-0.25, -0.2) is 0 Å². The molecule has 6 nitrogen and oxygen atoms in total. The fourth-order valence-electron chi connectivity index (χ4n) is 2.84. The molecule has 8 heteroatoms. The third-order valence-electron chi connectivity index (χ3n) is 4.31. The molecule has 0 saturated carbocycles. The molecule has 0 unspecified atom stereocenters. The molecular weight excluding hydrogens is 446 g/mol. The predicted molar refractivity (Wildman–Crippen MR) is 132 cm³/mol. The standard InChI is InChI=1S/C22H20ClN3O3S.C2H6/c1-29-19-13-14(23)5-6-17(19)18(24)7-8-21(27)25-10-11-26-22(28)16-3-2-4-20-15(16)9-12-30-20;1-2/h2-9,12-13,24H,10-11H2,1H3,(H,25,27)(H,26,28);1-2H3/b8-7-,24-18?;. The summed E-state index contributed by atoms with van der Waals surface area (Å²) in [6.07, 6.45) is 2.65. The smallest absolute Gasteiger partial charge is 0.252 e. The molecule has 168 valence electrons. The Morgan fingerprint density at radius 3 is 2.56 bits per heavy atom. The first-order valence-corrected chi connectivity index (χ1v) is 11.4. The van der Waals surface area contributed by atoms with Crippen LogP contribution in [0.25, 0.3) is 10.1 Å². The molecule has 0 atom stereocenters. The fourth-order valence-corrected chi connectivity index (χ4v) is 3.82. The summed E-state index contributed by atoms with van der Waals surface area (Å²) >= 11 is 7.50. The Morgan fingerprint density at radius 2 is 1.81 bits per heavy atom. The van der Waals surface area contributed by atoms with Crippen molar-refractivity contribution in [1.29, 1.82) is 5.41 Å². The second-order valence-corrected chi connectivity index (χ2v) is 7.66. The van der Waals surface area contributed by atoms with Gasteiger partial charge in [0.05, 0.1) is 12.8 Å². The number of nitrogens with one attached hydrogen (secondary N) is 3. The van der Waals surface area contributed by atoms with Crippen molar-refractivity contribution in [3.05, 3.63) is 76.1 Å². The molecule has 32 heavy (non-hydrogen) atoms. The predicted octanol–water partition coefficient (Wildman–Crippen LogP) is 5.06. The number of ether oxygens (including phenoxy) is 1. The largest absolute Gasteiger partial charge is 0.496 e. The maximum Gasteiger partial charge on any atom is 0.252 e. The Bertz CT molecular complexity index is 1120. The van der Waals surface area contributed by atoms with Crippen LogP contribution in [0.5, 0.6) is 5.75 Å².